The standard InChI is InChI=1S/C16H21N3O/c1-19(10-11-6-7-11)16(20)14(17)8-12-9-18-15-5-3-2-4-13(12)15/h2-5,9,11,14,18H,6-8,10,17H2,1H3. The minimum Gasteiger partial charge on any atom is -0.361 e. The number of fused-ring (bicyclic) bond motifs is 1. The van der Waals surface area contributed by atoms with Crippen LogP contribution in [0.3, 0.4) is 0 Å². The quantitative estimate of drug-likeness (QED) is 0.872. The van der Waals surface area contributed by atoms with Gasteiger partial charge in [-0.2, -0.15) is 0 Å². The van der Waals surface area contributed by atoms with E-state index in [-0.39, 0.29) is 5.91 Å². The molecule has 1 amide bonds. The summed E-state index contributed by atoms with van der Waals surface area (Å²) in [5.41, 5.74) is 8.29. The number of nitrogens with two attached hydrogens (primary N) is 1. The third-order valence-electron chi connectivity index (χ3n) is 4.04. The van der Waals surface area contributed by atoms with Crippen LogP contribution in [0.4, 0.5) is 0 Å². The molecule has 1 aromatic heterocycles. The second kappa shape index (κ2) is 5.29. The van der Waals surface area contributed by atoms with E-state index in [1.165, 1.54) is 12.8 Å². The zero-order valence-corrected chi connectivity index (χ0v) is 11.8. The molecule has 0 saturated heterocycles. The smallest absolute Gasteiger partial charge is 0.239 e. The highest BCUT2D eigenvalue weighted by molar-refractivity contribution is 5.86. The molecular formula is C16H21N3O. The number of nitrogens with zero attached hydrogens (tertiary/aromatic N) is 1. The molecule has 1 aliphatic carbocycles. The number of nitrogens with one attached hydrogen (secondary N) is 1. The van der Waals surface area contributed by atoms with Gasteiger partial charge in [0.2, 0.25) is 5.91 Å². The number of amides is 1. The Morgan fingerprint density at radius 2 is 2.20 bits per heavy atom. The number of aromatic amines is 1. The van der Waals surface area contributed by atoms with E-state index in [2.05, 4.69) is 11.1 Å². The van der Waals surface area contributed by atoms with Crippen LogP contribution in [0.25, 0.3) is 10.9 Å². The fourth-order valence-electron chi connectivity index (χ4n) is 2.69. The van der Waals surface area contributed by atoms with Crippen LogP contribution in [0.1, 0.15) is 18.4 Å². The van der Waals surface area contributed by atoms with Crippen molar-refractivity contribution >= 4 is 16.8 Å². The van der Waals surface area contributed by atoms with Crippen LogP contribution in [0.15, 0.2) is 30.5 Å². The normalized spacial score (nSPS) is 16.3. The molecule has 0 radical (unpaired) electrons. The molecule has 3 rings (SSSR count). The number of likely N-dealkylation sites (N-methyl/N-ethyl adjacent to an activating group) is 1. The van der Waals surface area contributed by atoms with Crippen molar-refractivity contribution in [2.45, 2.75) is 25.3 Å². The second-order valence-electron chi connectivity index (χ2n) is 5.83. The maximum atomic E-state index is 12.3. The lowest BCUT2D eigenvalue weighted by Crippen LogP contribution is -2.43. The molecule has 2 aromatic rings. The van der Waals surface area contributed by atoms with Gasteiger partial charge in [0, 0.05) is 30.7 Å². The molecule has 1 fully saturated rings. The lowest BCUT2D eigenvalue weighted by atomic mass is 10.0. The molecular weight excluding hydrogens is 250 g/mol. The average molecular weight is 271 g/mol. The third-order valence-corrected chi connectivity index (χ3v) is 4.04. The summed E-state index contributed by atoms with van der Waals surface area (Å²) in [5, 5.41) is 1.15. The Morgan fingerprint density at radius 3 is 2.95 bits per heavy atom. The van der Waals surface area contributed by atoms with E-state index in [0.717, 1.165) is 23.0 Å². The van der Waals surface area contributed by atoms with Gasteiger partial charge in [0.15, 0.2) is 0 Å². The van der Waals surface area contributed by atoms with E-state index >= 15 is 0 Å². The van der Waals surface area contributed by atoms with Gasteiger partial charge < -0.3 is 15.6 Å². The Morgan fingerprint density at radius 1 is 1.45 bits per heavy atom. The van der Waals surface area contributed by atoms with Crippen molar-refractivity contribution in [3.63, 3.8) is 0 Å². The van der Waals surface area contributed by atoms with E-state index in [1.54, 1.807) is 4.90 Å². The zero-order valence-electron chi connectivity index (χ0n) is 11.8. The number of hydrogen-bond acceptors (Lipinski definition) is 2. The summed E-state index contributed by atoms with van der Waals surface area (Å²) in [7, 11) is 1.86. The fraction of sp³-hybridized carbons (Fsp3) is 0.438. The molecule has 1 aliphatic rings. The van der Waals surface area contributed by atoms with Gasteiger partial charge in [-0.15, -0.1) is 0 Å². The van der Waals surface area contributed by atoms with Crippen molar-refractivity contribution in [3.8, 4) is 0 Å². The Balaban J connectivity index is 1.68. The van der Waals surface area contributed by atoms with Gasteiger partial charge in [-0.25, -0.2) is 0 Å². The minimum atomic E-state index is -0.460. The first-order valence-corrected chi connectivity index (χ1v) is 7.20. The summed E-state index contributed by atoms with van der Waals surface area (Å²) in [4.78, 5) is 17.3. The molecule has 0 aliphatic heterocycles. The molecule has 1 saturated carbocycles. The summed E-state index contributed by atoms with van der Waals surface area (Å²) in [6.45, 7) is 0.848. The van der Waals surface area contributed by atoms with Gasteiger partial charge >= 0.3 is 0 Å². The number of carbonyl (C=O) groups is 1. The molecule has 3 N–H and O–H groups in total. The number of H-pyrrole nitrogens is 1. The summed E-state index contributed by atoms with van der Waals surface area (Å²) >= 11 is 0. The van der Waals surface area contributed by atoms with Gasteiger partial charge in [-0.1, -0.05) is 18.2 Å². The summed E-state index contributed by atoms with van der Waals surface area (Å²) in [6.07, 6.45) is 5.03. The van der Waals surface area contributed by atoms with Crippen LogP contribution in [-0.4, -0.2) is 35.4 Å². The lowest BCUT2D eigenvalue weighted by Gasteiger charge is -2.21. The molecule has 1 heterocycles. The Hall–Kier alpha value is -1.81. The highest BCUT2D eigenvalue weighted by Gasteiger charge is 2.27. The highest BCUT2D eigenvalue weighted by Crippen LogP contribution is 2.29. The summed E-state index contributed by atoms with van der Waals surface area (Å²) in [6, 6.07) is 7.64. The first kappa shape index (κ1) is 13.2. The van der Waals surface area contributed by atoms with Crippen molar-refractivity contribution in [2.24, 2.45) is 11.7 Å². The van der Waals surface area contributed by atoms with Gasteiger partial charge in [-0.05, 0) is 36.8 Å². The van der Waals surface area contributed by atoms with Crippen LogP contribution < -0.4 is 5.73 Å². The number of rotatable bonds is 5. The van der Waals surface area contributed by atoms with Gasteiger partial charge in [0.1, 0.15) is 0 Å². The number of para-hydroxylation sites is 1. The predicted octanol–water partition coefficient (Wildman–Crippen LogP) is 1.91. The number of hydrogen-bond donors (Lipinski definition) is 2. The third kappa shape index (κ3) is 2.70. The van der Waals surface area contributed by atoms with E-state index in [1.807, 2.05) is 31.4 Å². The fourth-order valence-corrected chi connectivity index (χ4v) is 2.69. The number of aromatic nitrogens is 1. The first-order chi connectivity index (χ1) is 9.65. The predicted molar refractivity (Wildman–Crippen MR) is 80.3 cm³/mol. The minimum absolute atomic E-state index is 0.0437. The van der Waals surface area contributed by atoms with E-state index in [0.29, 0.717) is 12.3 Å². The molecule has 0 spiro atoms. The highest BCUT2D eigenvalue weighted by atomic mass is 16.2. The van der Waals surface area contributed by atoms with E-state index < -0.39 is 6.04 Å². The maximum absolute atomic E-state index is 12.3. The molecule has 0 bridgehead atoms. The molecule has 1 atom stereocenters. The van der Waals surface area contributed by atoms with Crippen molar-refractivity contribution < 1.29 is 4.79 Å². The Kier molecular flexibility index (Phi) is 3.49. The van der Waals surface area contributed by atoms with Gasteiger partial charge in [0.05, 0.1) is 6.04 Å². The average Bonchev–Trinajstić information content (AvgIpc) is 3.18. The van der Waals surface area contributed by atoms with Crippen molar-refractivity contribution in [1.82, 2.24) is 9.88 Å². The Bertz CT molecular complexity index is 615. The van der Waals surface area contributed by atoms with Gasteiger partial charge in [-0.3, -0.25) is 4.79 Å². The SMILES string of the molecule is CN(CC1CC1)C(=O)C(N)Cc1c[nH]c2ccccc12. The van der Waals surface area contributed by atoms with E-state index in [9.17, 15) is 4.79 Å². The number of carbonyl (C=O) groups excluding carboxylic acids is 1. The molecule has 20 heavy (non-hydrogen) atoms. The van der Waals surface area contributed by atoms with Gasteiger partial charge in [0.25, 0.3) is 0 Å². The van der Waals surface area contributed by atoms with Crippen molar-refractivity contribution in [3.05, 3.63) is 36.0 Å². The first-order valence-electron chi connectivity index (χ1n) is 7.20. The number of benzene rings is 1. The van der Waals surface area contributed by atoms with E-state index in [4.69, 9.17) is 5.73 Å². The second-order valence-corrected chi connectivity index (χ2v) is 5.83. The van der Waals surface area contributed by atoms with Crippen molar-refractivity contribution in [1.29, 1.82) is 0 Å². The molecule has 1 aromatic carbocycles. The van der Waals surface area contributed by atoms with Crippen LogP contribution >= 0.6 is 0 Å². The monoisotopic (exact) mass is 271 g/mol. The molecule has 106 valence electrons. The van der Waals surface area contributed by atoms with Crippen LogP contribution in [-0.2, 0) is 11.2 Å². The van der Waals surface area contributed by atoms with Crippen LogP contribution in [0.2, 0.25) is 0 Å². The summed E-state index contributed by atoms with van der Waals surface area (Å²) in [5.74, 6) is 0.742. The topological polar surface area (TPSA) is 62.1 Å². The maximum Gasteiger partial charge on any atom is 0.239 e. The molecule has 4 heteroatoms. The van der Waals surface area contributed by atoms with Crippen LogP contribution in [0.5, 0.6) is 0 Å². The van der Waals surface area contributed by atoms with Crippen LogP contribution in [0, 0.1) is 5.92 Å². The molecule has 1 unspecified atom stereocenters. The zero-order chi connectivity index (χ0) is 14.1. The molecule has 4 nitrogen and oxygen atoms in total. The van der Waals surface area contributed by atoms with Crippen molar-refractivity contribution in [2.75, 3.05) is 13.6 Å². The largest absolute Gasteiger partial charge is 0.361 e. The Labute approximate surface area is 118 Å². The summed E-state index contributed by atoms with van der Waals surface area (Å²) < 4.78 is 0. The lowest BCUT2D eigenvalue weighted by molar-refractivity contribution is -0.131.